The molecule has 0 unspecified atom stereocenters. The van der Waals surface area contributed by atoms with Gasteiger partial charge in [0.15, 0.2) is 0 Å². The molecule has 1 saturated heterocycles. The summed E-state index contributed by atoms with van der Waals surface area (Å²) in [5.74, 6) is 1.07. The molecule has 1 amide bonds. The third-order valence-electron chi connectivity index (χ3n) is 4.22. The molecule has 144 valence electrons. The lowest BCUT2D eigenvalue weighted by atomic mass is 10.3. The van der Waals surface area contributed by atoms with Crippen LogP contribution in [0.3, 0.4) is 0 Å². The molecule has 1 aromatic heterocycles. The predicted octanol–water partition coefficient (Wildman–Crippen LogP) is 1.82. The lowest BCUT2D eigenvalue weighted by Gasteiger charge is -2.17. The van der Waals surface area contributed by atoms with Crippen molar-refractivity contribution in [2.45, 2.75) is 38.1 Å². The number of aromatic nitrogens is 2. The fourth-order valence-corrected chi connectivity index (χ4v) is 3.94. The summed E-state index contributed by atoms with van der Waals surface area (Å²) in [7, 11) is -3.70. The molecule has 27 heavy (non-hydrogen) atoms. The van der Waals surface area contributed by atoms with Gasteiger partial charge >= 0.3 is 0 Å². The Labute approximate surface area is 159 Å². The maximum atomic E-state index is 12.5. The van der Waals surface area contributed by atoms with Crippen LogP contribution in [0.15, 0.2) is 35.2 Å². The van der Waals surface area contributed by atoms with Gasteiger partial charge in [-0.1, -0.05) is 0 Å². The molecule has 1 aliphatic heterocycles. The monoisotopic (exact) mass is 389 g/mol. The minimum absolute atomic E-state index is 0.0122. The first-order chi connectivity index (χ1) is 12.8. The van der Waals surface area contributed by atoms with Crippen molar-refractivity contribution in [1.29, 1.82) is 0 Å². The first-order valence-corrected chi connectivity index (χ1v) is 10.3. The molecule has 1 aromatic carbocycles. The van der Waals surface area contributed by atoms with Gasteiger partial charge in [0.05, 0.1) is 11.4 Å². The number of hydrogen-bond acceptors (Lipinski definition) is 6. The lowest BCUT2D eigenvalue weighted by molar-refractivity contribution is -0.114. The van der Waals surface area contributed by atoms with E-state index in [0.717, 1.165) is 37.4 Å². The number of rotatable bonds is 6. The molecule has 2 N–H and O–H groups in total. The van der Waals surface area contributed by atoms with Gasteiger partial charge in [-0.25, -0.2) is 23.1 Å². The van der Waals surface area contributed by atoms with E-state index in [9.17, 15) is 13.2 Å². The second-order valence-electron chi connectivity index (χ2n) is 6.51. The predicted molar refractivity (Wildman–Crippen MR) is 103 cm³/mol. The van der Waals surface area contributed by atoms with E-state index < -0.39 is 10.0 Å². The number of hydrogen-bond donors (Lipinski definition) is 2. The standard InChI is InChI=1S/C18H23N5O3S/c1-13-11-18(23-9-3-4-10-23)22-17(20-13)12-19-27(25,26)16-7-5-15(6-8-16)21-14(2)24/h5-8,11,19H,3-4,9-10,12H2,1-2H3,(H,21,24). The molecule has 3 rings (SSSR count). The van der Waals surface area contributed by atoms with Gasteiger partial charge in [0.25, 0.3) is 0 Å². The minimum atomic E-state index is -3.70. The molecule has 1 aliphatic rings. The lowest BCUT2D eigenvalue weighted by Crippen LogP contribution is -2.26. The molecule has 0 aliphatic carbocycles. The van der Waals surface area contributed by atoms with Gasteiger partial charge in [-0.2, -0.15) is 0 Å². The van der Waals surface area contributed by atoms with Crippen LogP contribution in [0.1, 0.15) is 31.3 Å². The number of nitrogens with one attached hydrogen (secondary N) is 2. The zero-order valence-corrected chi connectivity index (χ0v) is 16.2. The van der Waals surface area contributed by atoms with E-state index in [2.05, 4.69) is 24.9 Å². The quantitative estimate of drug-likeness (QED) is 0.781. The van der Waals surface area contributed by atoms with Gasteiger partial charge in [0.1, 0.15) is 11.6 Å². The van der Waals surface area contributed by atoms with Crippen molar-refractivity contribution in [2.24, 2.45) is 0 Å². The van der Waals surface area contributed by atoms with E-state index >= 15 is 0 Å². The molecule has 0 saturated carbocycles. The Bertz CT molecular complexity index is 923. The molecule has 2 heterocycles. The first-order valence-electron chi connectivity index (χ1n) is 8.80. The Morgan fingerprint density at radius 3 is 2.44 bits per heavy atom. The van der Waals surface area contributed by atoms with Crippen molar-refractivity contribution in [1.82, 2.24) is 14.7 Å². The average molecular weight is 389 g/mol. The number of anilines is 2. The van der Waals surface area contributed by atoms with Crippen LogP contribution in [0.25, 0.3) is 0 Å². The number of nitrogens with zero attached hydrogens (tertiary/aromatic N) is 3. The summed E-state index contributed by atoms with van der Waals surface area (Å²) in [6.45, 7) is 5.20. The van der Waals surface area contributed by atoms with Gasteiger partial charge < -0.3 is 10.2 Å². The summed E-state index contributed by atoms with van der Waals surface area (Å²) in [5.41, 5.74) is 1.35. The van der Waals surface area contributed by atoms with Crippen molar-refractivity contribution >= 4 is 27.4 Å². The maximum Gasteiger partial charge on any atom is 0.240 e. The summed E-state index contributed by atoms with van der Waals surface area (Å²) in [4.78, 5) is 22.2. The van der Waals surface area contributed by atoms with Crippen LogP contribution < -0.4 is 14.9 Å². The Kier molecular flexibility index (Phi) is 5.71. The van der Waals surface area contributed by atoms with Crippen molar-refractivity contribution in [3.8, 4) is 0 Å². The molecule has 0 spiro atoms. The SMILES string of the molecule is CC(=O)Nc1ccc(S(=O)(=O)NCc2nc(C)cc(N3CCCC3)n2)cc1. The number of amides is 1. The minimum Gasteiger partial charge on any atom is -0.357 e. The Hall–Kier alpha value is -2.52. The molecule has 0 bridgehead atoms. The first kappa shape index (κ1) is 19.2. The van der Waals surface area contributed by atoms with Gasteiger partial charge in [0, 0.05) is 37.5 Å². The normalized spacial score (nSPS) is 14.4. The second kappa shape index (κ2) is 8.01. The molecule has 0 atom stereocenters. The van der Waals surface area contributed by atoms with Gasteiger partial charge in [-0.05, 0) is 44.0 Å². The zero-order chi connectivity index (χ0) is 19.4. The van der Waals surface area contributed by atoms with E-state index in [1.807, 2.05) is 13.0 Å². The highest BCUT2D eigenvalue weighted by Gasteiger charge is 2.17. The van der Waals surface area contributed by atoms with E-state index in [-0.39, 0.29) is 17.3 Å². The Morgan fingerprint density at radius 1 is 1.15 bits per heavy atom. The number of carbonyl (C=O) groups is 1. The summed E-state index contributed by atoms with van der Waals surface area (Å²) < 4.78 is 27.5. The molecule has 8 nitrogen and oxygen atoms in total. The average Bonchev–Trinajstić information content (AvgIpc) is 3.14. The number of sulfonamides is 1. The van der Waals surface area contributed by atoms with Crippen LogP contribution in [0, 0.1) is 6.92 Å². The third kappa shape index (κ3) is 5.01. The van der Waals surface area contributed by atoms with E-state index in [0.29, 0.717) is 11.5 Å². The molecular weight excluding hydrogens is 366 g/mol. The van der Waals surface area contributed by atoms with Crippen LogP contribution in [0.4, 0.5) is 11.5 Å². The van der Waals surface area contributed by atoms with Crippen molar-refractivity contribution in [3.63, 3.8) is 0 Å². The largest absolute Gasteiger partial charge is 0.357 e. The van der Waals surface area contributed by atoms with Gasteiger partial charge in [-0.15, -0.1) is 0 Å². The van der Waals surface area contributed by atoms with Gasteiger partial charge in [0.2, 0.25) is 15.9 Å². The van der Waals surface area contributed by atoms with Crippen molar-refractivity contribution < 1.29 is 13.2 Å². The van der Waals surface area contributed by atoms with Gasteiger partial charge in [-0.3, -0.25) is 4.79 Å². The Balaban J connectivity index is 1.70. The highest BCUT2D eigenvalue weighted by Crippen LogP contribution is 2.19. The van der Waals surface area contributed by atoms with E-state index in [4.69, 9.17) is 0 Å². The van der Waals surface area contributed by atoms with Crippen molar-refractivity contribution in [2.75, 3.05) is 23.3 Å². The zero-order valence-electron chi connectivity index (χ0n) is 15.4. The van der Waals surface area contributed by atoms with Crippen LogP contribution in [-0.4, -0.2) is 37.4 Å². The molecule has 2 aromatic rings. The topological polar surface area (TPSA) is 104 Å². The van der Waals surface area contributed by atoms with Crippen LogP contribution in [-0.2, 0) is 21.4 Å². The summed E-state index contributed by atoms with van der Waals surface area (Å²) in [6.07, 6.45) is 2.28. The van der Waals surface area contributed by atoms with E-state index in [1.54, 1.807) is 12.1 Å². The summed E-state index contributed by atoms with van der Waals surface area (Å²) in [5, 5.41) is 2.60. The summed E-state index contributed by atoms with van der Waals surface area (Å²) in [6, 6.07) is 7.90. The fourth-order valence-electron chi connectivity index (χ4n) is 2.96. The van der Waals surface area contributed by atoms with Crippen LogP contribution in [0.2, 0.25) is 0 Å². The highest BCUT2D eigenvalue weighted by atomic mass is 32.2. The smallest absolute Gasteiger partial charge is 0.240 e. The van der Waals surface area contributed by atoms with Crippen LogP contribution >= 0.6 is 0 Å². The van der Waals surface area contributed by atoms with Crippen molar-refractivity contribution in [3.05, 3.63) is 41.9 Å². The van der Waals surface area contributed by atoms with Crippen LogP contribution in [0.5, 0.6) is 0 Å². The second-order valence-corrected chi connectivity index (χ2v) is 8.27. The molecule has 0 radical (unpaired) electrons. The molecule has 1 fully saturated rings. The molecular formula is C18H23N5O3S. The maximum absolute atomic E-state index is 12.5. The number of carbonyl (C=O) groups excluding carboxylic acids is 1. The number of benzene rings is 1. The molecule has 9 heteroatoms. The highest BCUT2D eigenvalue weighted by molar-refractivity contribution is 7.89. The Morgan fingerprint density at radius 2 is 1.81 bits per heavy atom. The summed E-state index contributed by atoms with van der Waals surface area (Å²) >= 11 is 0. The fraction of sp³-hybridized carbons (Fsp3) is 0.389. The third-order valence-corrected chi connectivity index (χ3v) is 5.64. The van der Waals surface area contributed by atoms with E-state index in [1.165, 1.54) is 19.1 Å². The number of aryl methyl sites for hydroxylation is 1.